The molecule has 2 amide bonds. The summed E-state index contributed by atoms with van der Waals surface area (Å²) in [6, 6.07) is 4.09. The van der Waals surface area contributed by atoms with Crippen LogP contribution in [-0.4, -0.2) is 24.4 Å². The number of aryl methyl sites for hydroxylation is 1. The summed E-state index contributed by atoms with van der Waals surface area (Å²) in [4.78, 5) is 26.0. The Morgan fingerprint density at radius 3 is 2.52 bits per heavy atom. The van der Waals surface area contributed by atoms with E-state index in [0.717, 1.165) is 0 Å². The number of nitrogens with one attached hydrogen (secondary N) is 1. The first kappa shape index (κ1) is 15.5. The number of rotatable bonds is 1. The molecule has 1 aromatic rings. The minimum Gasteiger partial charge on any atom is -0.344 e. The van der Waals surface area contributed by atoms with Crippen LogP contribution in [0.15, 0.2) is 18.2 Å². The van der Waals surface area contributed by atoms with E-state index in [9.17, 15) is 14.0 Å². The molecule has 0 bridgehead atoms. The maximum Gasteiger partial charge on any atom is 0.250 e. The summed E-state index contributed by atoms with van der Waals surface area (Å²) < 4.78 is 13.8. The van der Waals surface area contributed by atoms with Crippen molar-refractivity contribution in [3.05, 3.63) is 29.6 Å². The molecule has 1 aliphatic rings. The highest BCUT2D eigenvalue weighted by molar-refractivity contribution is 6.01. The predicted octanol–water partition coefficient (Wildman–Crippen LogP) is 2.40. The van der Waals surface area contributed by atoms with Crippen LogP contribution in [0.25, 0.3) is 0 Å². The highest BCUT2D eigenvalue weighted by Crippen LogP contribution is 2.27. The van der Waals surface area contributed by atoms with Gasteiger partial charge in [-0.15, -0.1) is 0 Å². The minimum atomic E-state index is -0.614. The van der Waals surface area contributed by atoms with Gasteiger partial charge in [-0.2, -0.15) is 0 Å². The second-order valence-electron chi connectivity index (χ2n) is 6.54. The second kappa shape index (κ2) is 5.47. The normalized spacial score (nSPS) is 20.2. The van der Waals surface area contributed by atoms with Gasteiger partial charge in [0.05, 0.1) is 0 Å². The van der Waals surface area contributed by atoms with Crippen LogP contribution in [0.5, 0.6) is 0 Å². The third-order valence-electron chi connectivity index (χ3n) is 3.71. The molecule has 1 atom stereocenters. The lowest BCUT2D eigenvalue weighted by molar-refractivity contribution is -0.127. The zero-order valence-corrected chi connectivity index (χ0v) is 12.9. The fourth-order valence-corrected chi connectivity index (χ4v) is 2.37. The summed E-state index contributed by atoms with van der Waals surface area (Å²) in [6.45, 7) is 7.63. The average Bonchev–Trinajstić information content (AvgIpc) is 2.52. The third-order valence-corrected chi connectivity index (χ3v) is 3.71. The molecule has 4 nitrogen and oxygen atoms in total. The number of nitrogens with zero attached hydrogens (tertiary/aromatic N) is 1. The zero-order valence-electron chi connectivity index (χ0n) is 12.9. The Bertz CT molecular complexity index is 578. The van der Waals surface area contributed by atoms with Crippen LogP contribution in [0.3, 0.4) is 0 Å². The van der Waals surface area contributed by atoms with E-state index in [1.807, 2.05) is 20.8 Å². The van der Waals surface area contributed by atoms with E-state index < -0.39 is 11.5 Å². The first-order valence-corrected chi connectivity index (χ1v) is 7.07. The van der Waals surface area contributed by atoms with E-state index in [2.05, 4.69) is 5.32 Å². The molecule has 1 aliphatic heterocycles. The first-order valence-electron chi connectivity index (χ1n) is 7.07. The number of benzene rings is 1. The molecule has 1 saturated heterocycles. The highest BCUT2D eigenvalue weighted by Gasteiger charge is 2.38. The lowest BCUT2D eigenvalue weighted by Crippen LogP contribution is -2.52. The smallest absolute Gasteiger partial charge is 0.250 e. The quantitative estimate of drug-likeness (QED) is 0.864. The van der Waals surface area contributed by atoms with Gasteiger partial charge in [-0.05, 0) is 30.0 Å². The number of hydrogen-bond acceptors (Lipinski definition) is 2. The van der Waals surface area contributed by atoms with Gasteiger partial charge in [0, 0.05) is 18.7 Å². The van der Waals surface area contributed by atoms with Gasteiger partial charge in [-0.1, -0.05) is 26.8 Å². The van der Waals surface area contributed by atoms with Crippen molar-refractivity contribution >= 4 is 17.5 Å². The molecule has 21 heavy (non-hydrogen) atoms. The molecule has 0 radical (unpaired) electrons. The lowest BCUT2D eigenvalue weighted by Gasteiger charge is -2.32. The minimum absolute atomic E-state index is 0.154. The van der Waals surface area contributed by atoms with Crippen molar-refractivity contribution in [2.24, 2.45) is 5.41 Å². The molecule has 0 aliphatic carbocycles. The SMILES string of the molecule is Cc1ccc(N2CCC(=O)NC(C(C)(C)C)C2=O)cc1F. The van der Waals surface area contributed by atoms with Gasteiger partial charge in [-0.25, -0.2) is 4.39 Å². The molecule has 2 rings (SSSR count). The van der Waals surface area contributed by atoms with Crippen molar-refractivity contribution < 1.29 is 14.0 Å². The summed E-state index contributed by atoms with van der Waals surface area (Å²) in [5.74, 6) is -0.703. The summed E-state index contributed by atoms with van der Waals surface area (Å²) in [5.41, 5.74) is 0.620. The molecule has 0 aromatic heterocycles. The van der Waals surface area contributed by atoms with Gasteiger partial charge < -0.3 is 10.2 Å². The Labute approximate surface area is 124 Å². The van der Waals surface area contributed by atoms with Gasteiger partial charge in [0.1, 0.15) is 11.9 Å². The monoisotopic (exact) mass is 292 g/mol. The largest absolute Gasteiger partial charge is 0.344 e. The van der Waals surface area contributed by atoms with E-state index >= 15 is 0 Å². The number of halogens is 1. The molecular weight excluding hydrogens is 271 g/mol. The van der Waals surface area contributed by atoms with Crippen LogP contribution in [0.1, 0.15) is 32.8 Å². The van der Waals surface area contributed by atoms with Gasteiger partial charge >= 0.3 is 0 Å². The lowest BCUT2D eigenvalue weighted by atomic mass is 9.86. The van der Waals surface area contributed by atoms with Crippen molar-refractivity contribution in [2.45, 2.75) is 40.2 Å². The average molecular weight is 292 g/mol. The van der Waals surface area contributed by atoms with Crippen LogP contribution in [0, 0.1) is 18.2 Å². The van der Waals surface area contributed by atoms with Crippen molar-refractivity contribution in [1.29, 1.82) is 0 Å². The number of amides is 2. The van der Waals surface area contributed by atoms with E-state index in [4.69, 9.17) is 0 Å². The van der Waals surface area contributed by atoms with Gasteiger partial charge in [-0.3, -0.25) is 9.59 Å². The van der Waals surface area contributed by atoms with Crippen molar-refractivity contribution in [1.82, 2.24) is 5.32 Å². The Morgan fingerprint density at radius 2 is 1.95 bits per heavy atom. The third kappa shape index (κ3) is 3.23. The summed E-state index contributed by atoms with van der Waals surface area (Å²) in [7, 11) is 0. The van der Waals surface area contributed by atoms with Crippen molar-refractivity contribution in [3.63, 3.8) is 0 Å². The van der Waals surface area contributed by atoms with Crippen LogP contribution in [0.2, 0.25) is 0 Å². The van der Waals surface area contributed by atoms with E-state index in [1.54, 1.807) is 19.1 Å². The fourth-order valence-electron chi connectivity index (χ4n) is 2.37. The van der Waals surface area contributed by atoms with Crippen LogP contribution in [-0.2, 0) is 9.59 Å². The molecule has 1 aromatic carbocycles. The molecule has 1 fully saturated rings. The van der Waals surface area contributed by atoms with Crippen molar-refractivity contribution in [2.75, 3.05) is 11.4 Å². The predicted molar refractivity (Wildman–Crippen MR) is 79.5 cm³/mol. The Morgan fingerprint density at radius 1 is 1.29 bits per heavy atom. The van der Waals surface area contributed by atoms with Gasteiger partial charge in [0.2, 0.25) is 11.8 Å². The van der Waals surface area contributed by atoms with E-state index in [1.165, 1.54) is 11.0 Å². The summed E-state index contributed by atoms with van der Waals surface area (Å²) >= 11 is 0. The Balaban J connectivity index is 2.39. The maximum absolute atomic E-state index is 13.8. The molecule has 0 spiro atoms. The van der Waals surface area contributed by atoms with Crippen molar-refractivity contribution in [3.8, 4) is 0 Å². The number of carbonyl (C=O) groups is 2. The Kier molecular flexibility index (Phi) is 4.03. The fraction of sp³-hybridized carbons (Fsp3) is 0.500. The molecule has 1 heterocycles. The standard InChI is InChI=1S/C16H21FN2O2/c1-10-5-6-11(9-12(10)17)19-8-7-13(20)18-14(15(19)21)16(2,3)4/h5-6,9,14H,7-8H2,1-4H3,(H,18,20). The second-order valence-corrected chi connectivity index (χ2v) is 6.54. The highest BCUT2D eigenvalue weighted by atomic mass is 19.1. The summed E-state index contributed by atoms with van der Waals surface area (Å²) in [5, 5.41) is 2.77. The number of carbonyl (C=O) groups excluding carboxylic acids is 2. The number of hydrogen-bond donors (Lipinski definition) is 1. The topological polar surface area (TPSA) is 49.4 Å². The molecule has 1 unspecified atom stereocenters. The molecule has 0 saturated carbocycles. The first-order chi connectivity index (χ1) is 9.70. The maximum atomic E-state index is 13.8. The number of anilines is 1. The molecule has 114 valence electrons. The zero-order chi connectivity index (χ0) is 15.8. The molecule has 1 N–H and O–H groups in total. The van der Waals surface area contributed by atoms with E-state index in [0.29, 0.717) is 11.3 Å². The van der Waals surface area contributed by atoms with Gasteiger partial charge in [0.15, 0.2) is 0 Å². The van der Waals surface area contributed by atoms with E-state index in [-0.39, 0.29) is 30.6 Å². The molecular formula is C16H21FN2O2. The van der Waals surface area contributed by atoms with Gasteiger partial charge in [0.25, 0.3) is 0 Å². The Hall–Kier alpha value is -1.91. The van der Waals surface area contributed by atoms with Crippen LogP contribution in [0.4, 0.5) is 10.1 Å². The van der Waals surface area contributed by atoms with Crippen LogP contribution < -0.4 is 10.2 Å². The molecule has 5 heteroatoms. The summed E-state index contributed by atoms with van der Waals surface area (Å²) in [6.07, 6.45) is 0.216. The van der Waals surface area contributed by atoms with Crippen LogP contribution >= 0.6 is 0 Å².